The molecule has 1 spiro atoms. The molecule has 35 heavy (non-hydrogen) atoms. The van der Waals surface area contributed by atoms with Crippen LogP contribution in [0.25, 0.3) is 0 Å². The van der Waals surface area contributed by atoms with Crippen LogP contribution in [-0.2, 0) is 19.1 Å². The largest absolute Gasteiger partial charge is 0.497 e. The standard InChI is InChI=1S/C26H29N3O6/c1-27-23(31)20-19-12-13-26(35-19)21(20)25(33)29(18(14-30)15-6-4-3-5-7-15)22(26)24(32)28-16-8-10-17(34-2)11-9-16/h3-11,18-22,30H,12-14H2,1-2H3,(H,27,31)(H,28,32)/t18-,19-,20+,21+,22?,26?/m1/s1. The van der Waals surface area contributed by atoms with Crippen LogP contribution in [-0.4, -0.2) is 66.2 Å². The van der Waals surface area contributed by atoms with Gasteiger partial charge in [0.15, 0.2) is 0 Å². The Balaban J connectivity index is 1.57. The predicted molar refractivity (Wildman–Crippen MR) is 126 cm³/mol. The van der Waals surface area contributed by atoms with Crippen molar-refractivity contribution in [3.63, 3.8) is 0 Å². The molecule has 2 unspecified atom stereocenters. The minimum atomic E-state index is -1.14. The molecular formula is C26H29N3O6. The van der Waals surface area contributed by atoms with Gasteiger partial charge in [0.2, 0.25) is 17.7 Å². The lowest BCUT2D eigenvalue weighted by Gasteiger charge is -2.36. The van der Waals surface area contributed by atoms with Gasteiger partial charge in [-0.2, -0.15) is 0 Å². The van der Waals surface area contributed by atoms with Crippen molar-refractivity contribution in [2.24, 2.45) is 11.8 Å². The molecule has 0 aromatic heterocycles. The summed E-state index contributed by atoms with van der Waals surface area (Å²) < 4.78 is 11.6. The highest BCUT2D eigenvalue weighted by Gasteiger charge is 2.75. The number of carbonyl (C=O) groups excluding carboxylic acids is 3. The highest BCUT2D eigenvalue weighted by molar-refractivity contribution is 6.03. The van der Waals surface area contributed by atoms with Crippen molar-refractivity contribution in [1.82, 2.24) is 10.2 Å². The maximum absolute atomic E-state index is 14.0. The molecule has 184 valence electrons. The molecule has 2 aromatic rings. The molecule has 3 aliphatic heterocycles. The number of nitrogens with one attached hydrogen (secondary N) is 2. The van der Waals surface area contributed by atoms with Gasteiger partial charge in [0.05, 0.1) is 37.7 Å². The molecule has 2 aromatic carbocycles. The minimum absolute atomic E-state index is 0.272. The number of likely N-dealkylation sites (tertiary alicyclic amines) is 1. The number of carbonyl (C=O) groups is 3. The Hall–Kier alpha value is -3.43. The third-order valence-corrected chi connectivity index (χ3v) is 7.59. The molecule has 9 nitrogen and oxygen atoms in total. The summed E-state index contributed by atoms with van der Waals surface area (Å²) in [4.78, 5) is 42.1. The quantitative estimate of drug-likeness (QED) is 0.554. The van der Waals surface area contributed by atoms with E-state index in [1.807, 2.05) is 30.3 Å². The number of anilines is 1. The van der Waals surface area contributed by atoms with Gasteiger partial charge in [-0.1, -0.05) is 30.3 Å². The zero-order chi connectivity index (χ0) is 24.7. The third-order valence-electron chi connectivity index (χ3n) is 7.59. The summed E-state index contributed by atoms with van der Waals surface area (Å²) in [5.41, 5.74) is 0.101. The van der Waals surface area contributed by atoms with E-state index in [0.29, 0.717) is 29.8 Å². The van der Waals surface area contributed by atoms with Crippen molar-refractivity contribution < 1.29 is 29.0 Å². The van der Waals surface area contributed by atoms with Gasteiger partial charge in [0, 0.05) is 12.7 Å². The smallest absolute Gasteiger partial charge is 0.250 e. The van der Waals surface area contributed by atoms with E-state index < -0.39 is 41.5 Å². The number of nitrogens with zero attached hydrogens (tertiary/aromatic N) is 1. The normalized spacial score (nSPS) is 29.6. The maximum Gasteiger partial charge on any atom is 0.250 e. The molecule has 0 aliphatic carbocycles. The molecular weight excluding hydrogens is 450 g/mol. The Kier molecular flexibility index (Phi) is 5.98. The summed E-state index contributed by atoms with van der Waals surface area (Å²) >= 11 is 0. The highest BCUT2D eigenvalue weighted by Crippen LogP contribution is 2.59. The number of ether oxygens (including phenoxy) is 2. The van der Waals surface area contributed by atoms with Gasteiger partial charge < -0.3 is 30.1 Å². The van der Waals surface area contributed by atoms with E-state index in [1.54, 1.807) is 31.4 Å². The van der Waals surface area contributed by atoms with Crippen molar-refractivity contribution in [2.45, 2.75) is 36.6 Å². The zero-order valence-electron chi connectivity index (χ0n) is 19.6. The van der Waals surface area contributed by atoms with Crippen LogP contribution in [0.5, 0.6) is 5.75 Å². The van der Waals surface area contributed by atoms with Crippen LogP contribution in [0.3, 0.4) is 0 Å². The van der Waals surface area contributed by atoms with E-state index >= 15 is 0 Å². The number of fused-ring (bicyclic) bond motifs is 1. The SMILES string of the molecule is CNC(=O)[C@@H]1[C@H]2C(=O)N([C@H](CO)c3ccccc3)C(C(=O)Nc3ccc(OC)cc3)C23CC[C@H]1O3. The number of aliphatic hydroxyl groups is 1. The van der Waals surface area contributed by atoms with E-state index in [2.05, 4.69) is 10.6 Å². The van der Waals surface area contributed by atoms with Gasteiger partial charge in [-0.3, -0.25) is 14.4 Å². The lowest BCUT2D eigenvalue weighted by molar-refractivity contribution is -0.144. The predicted octanol–water partition coefficient (Wildman–Crippen LogP) is 1.49. The van der Waals surface area contributed by atoms with Gasteiger partial charge in [-0.25, -0.2) is 0 Å². The summed E-state index contributed by atoms with van der Waals surface area (Å²) in [5, 5.41) is 16.0. The fraction of sp³-hybridized carbons (Fsp3) is 0.423. The lowest BCUT2D eigenvalue weighted by Crippen LogP contribution is -2.54. The molecule has 3 N–H and O–H groups in total. The molecule has 3 saturated heterocycles. The summed E-state index contributed by atoms with van der Waals surface area (Å²) in [6, 6.07) is 14.2. The summed E-state index contributed by atoms with van der Waals surface area (Å²) in [6.45, 7) is -0.376. The fourth-order valence-electron chi connectivity index (χ4n) is 6.11. The number of aliphatic hydroxyl groups excluding tert-OH is 1. The molecule has 2 bridgehead atoms. The van der Waals surface area contributed by atoms with Crippen LogP contribution in [0.4, 0.5) is 5.69 Å². The second-order valence-corrected chi connectivity index (χ2v) is 9.24. The Morgan fingerprint density at radius 3 is 2.51 bits per heavy atom. The third kappa shape index (κ3) is 3.57. The first-order valence-electron chi connectivity index (χ1n) is 11.8. The van der Waals surface area contributed by atoms with Crippen molar-refractivity contribution >= 4 is 23.4 Å². The van der Waals surface area contributed by atoms with Crippen LogP contribution in [0.1, 0.15) is 24.4 Å². The highest BCUT2D eigenvalue weighted by atomic mass is 16.5. The molecule has 0 radical (unpaired) electrons. The van der Waals surface area contributed by atoms with Crippen molar-refractivity contribution in [3.05, 3.63) is 60.2 Å². The van der Waals surface area contributed by atoms with E-state index in [0.717, 1.165) is 0 Å². The lowest BCUT2D eigenvalue weighted by atomic mass is 9.70. The van der Waals surface area contributed by atoms with Gasteiger partial charge in [-0.05, 0) is 42.7 Å². The molecule has 3 amide bonds. The number of hydrogen-bond donors (Lipinski definition) is 3. The van der Waals surface area contributed by atoms with Crippen molar-refractivity contribution in [1.29, 1.82) is 0 Å². The summed E-state index contributed by atoms with van der Waals surface area (Å²) in [7, 11) is 3.09. The van der Waals surface area contributed by atoms with Crippen LogP contribution in [0.15, 0.2) is 54.6 Å². The van der Waals surface area contributed by atoms with Crippen molar-refractivity contribution in [3.8, 4) is 5.75 Å². The van der Waals surface area contributed by atoms with Crippen LogP contribution >= 0.6 is 0 Å². The molecule has 0 saturated carbocycles. The molecule has 6 atom stereocenters. The summed E-state index contributed by atoms with van der Waals surface area (Å²) in [6.07, 6.45) is 0.634. The first-order chi connectivity index (χ1) is 16.9. The first kappa shape index (κ1) is 23.3. The van der Waals surface area contributed by atoms with E-state index in [9.17, 15) is 19.5 Å². The number of benzene rings is 2. The van der Waals surface area contributed by atoms with E-state index in [1.165, 1.54) is 11.9 Å². The van der Waals surface area contributed by atoms with Crippen LogP contribution in [0.2, 0.25) is 0 Å². The zero-order valence-corrected chi connectivity index (χ0v) is 19.6. The second kappa shape index (κ2) is 8.98. The Bertz CT molecular complexity index is 1120. The number of methoxy groups -OCH3 is 1. The fourth-order valence-corrected chi connectivity index (χ4v) is 6.11. The Morgan fingerprint density at radius 1 is 1.17 bits per heavy atom. The van der Waals surface area contributed by atoms with Crippen molar-refractivity contribution in [2.75, 3.05) is 26.1 Å². The topological polar surface area (TPSA) is 117 Å². The summed E-state index contributed by atoms with van der Waals surface area (Å²) in [5.74, 6) is -1.87. The average Bonchev–Trinajstić information content (AvgIpc) is 3.53. The second-order valence-electron chi connectivity index (χ2n) is 9.24. The van der Waals surface area contributed by atoms with Crippen LogP contribution in [0, 0.1) is 11.8 Å². The molecule has 5 rings (SSSR count). The number of rotatable bonds is 7. The van der Waals surface area contributed by atoms with E-state index in [-0.39, 0.29) is 18.4 Å². The average molecular weight is 480 g/mol. The minimum Gasteiger partial charge on any atom is -0.497 e. The Morgan fingerprint density at radius 2 is 1.89 bits per heavy atom. The van der Waals surface area contributed by atoms with Crippen LogP contribution < -0.4 is 15.4 Å². The molecule has 3 aliphatic rings. The van der Waals surface area contributed by atoms with Gasteiger partial charge in [-0.15, -0.1) is 0 Å². The number of amides is 3. The monoisotopic (exact) mass is 479 g/mol. The maximum atomic E-state index is 14.0. The molecule has 3 fully saturated rings. The first-order valence-corrected chi connectivity index (χ1v) is 11.8. The van der Waals surface area contributed by atoms with Gasteiger partial charge in [0.1, 0.15) is 17.4 Å². The Labute approximate surface area is 203 Å². The van der Waals surface area contributed by atoms with Gasteiger partial charge >= 0.3 is 0 Å². The van der Waals surface area contributed by atoms with Gasteiger partial charge in [0.25, 0.3) is 0 Å². The molecule has 3 heterocycles. The molecule has 9 heteroatoms. The van der Waals surface area contributed by atoms with E-state index in [4.69, 9.17) is 9.47 Å². The number of hydrogen-bond acceptors (Lipinski definition) is 6.